The average molecular weight is 288 g/mol. The SMILES string of the molecule is CSCCS(=O)(=O)c1nc2ccc(N)cc2s1. The number of sulfone groups is 1. The first-order valence-electron chi connectivity index (χ1n) is 4.91. The fourth-order valence-corrected chi connectivity index (χ4v) is 5.06. The zero-order valence-electron chi connectivity index (χ0n) is 9.21. The van der Waals surface area contributed by atoms with E-state index in [2.05, 4.69) is 4.98 Å². The maximum Gasteiger partial charge on any atom is 0.210 e. The van der Waals surface area contributed by atoms with Crippen molar-refractivity contribution in [2.75, 3.05) is 23.5 Å². The van der Waals surface area contributed by atoms with E-state index in [0.29, 0.717) is 17.0 Å². The molecule has 0 radical (unpaired) electrons. The number of thioether (sulfide) groups is 1. The summed E-state index contributed by atoms with van der Waals surface area (Å²) in [6, 6.07) is 5.22. The predicted molar refractivity (Wildman–Crippen MR) is 74.5 cm³/mol. The summed E-state index contributed by atoms with van der Waals surface area (Å²) in [6.07, 6.45) is 1.88. The Morgan fingerprint density at radius 3 is 2.94 bits per heavy atom. The average Bonchev–Trinajstić information content (AvgIpc) is 2.70. The predicted octanol–water partition coefficient (Wildman–Crippen LogP) is 2.02. The Morgan fingerprint density at radius 1 is 1.47 bits per heavy atom. The third kappa shape index (κ3) is 2.72. The van der Waals surface area contributed by atoms with E-state index in [1.165, 1.54) is 23.1 Å². The number of hydrogen-bond acceptors (Lipinski definition) is 6. The van der Waals surface area contributed by atoms with Crippen molar-refractivity contribution in [1.29, 1.82) is 0 Å². The Morgan fingerprint density at radius 2 is 2.24 bits per heavy atom. The van der Waals surface area contributed by atoms with Gasteiger partial charge in [0.15, 0.2) is 0 Å². The van der Waals surface area contributed by atoms with Crippen LogP contribution in [0.15, 0.2) is 22.5 Å². The van der Waals surface area contributed by atoms with Crippen LogP contribution in [-0.2, 0) is 9.84 Å². The first kappa shape index (κ1) is 12.7. The van der Waals surface area contributed by atoms with Crippen LogP contribution >= 0.6 is 23.1 Å². The summed E-state index contributed by atoms with van der Waals surface area (Å²) >= 11 is 2.69. The molecule has 0 saturated heterocycles. The van der Waals surface area contributed by atoms with Crippen LogP contribution in [0.2, 0.25) is 0 Å². The largest absolute Gasteiger partial charge is 0.399 e. The summed E-state index contributed by atoms with van der Waals surface area (Å²) in [7, 11) is -3.25. The highest BCUT2D eigenvalue weighted by atomic mass is 32.2. The molecule has 0 saturated carbocycles. The van der Waals surface area contributed by atoms with Gasteiger partial charge in [-0.05, 0) is 24.5 Å². The van der Waals surface area contributed by atoms with E-state index < -0.39 is 9.84 Å². The number of rotatable bonds is 4. The van der Waals surface area contributed by atoms with Crippen LogP contribution in [0.5, 0.6) is 0 Å². The van der Waals surface area contributed by atoms with Crippen molar-refractivity contribution in [2.24, 2.45) is 0 Å². The lowest BCUT2D eigenvalue weighted by Crippen LogP contribution is -2.08. The van der Waals surface area contributed by atoms with Crippen LogP contribution in [0.3, 0.4) is 0 Å². The molecule has 0 unspecified atom stereocenters. The first-order chi connectivity index (χ1) is 8.03. The Kier molecular flexibility index (Phi) is 3.60. The standard InChI is InChI=1S/C10H12N2O2S3/c1-15-4-5-17(13,14)10-12-8-3-2-7(11)6-9(8)16-10/h2-3,6H,4-5,11H2,1H3. The van der Waals surface area contributed by atoms with E-state index in [1.807, 2.05) is 6.26 Å². The highest BCUT2D eigenvalue weighted by Crippen LogP contribution is 2.27. The van der Waals surface area contributed by atoms with Crippen LogP contribution in [0.25, 0.3) is 10.2 Å². The Balaban J connectivity index is 2.43. The molecule has 0 aliphatic heterocycles. The van der Waals surface area contributed by atoms with Crippen molar-refractivity contribution >= 4 is 48.8 Å². The monoisotopic (exact) mass is 288 g/mol. The number of nitrogens with two attached hydrogens (primary N) is 1. The number of anilines is 1. The first-order valence-corrected chi connectivity index (χ1v) is 8.77. The van der Waals surface area contributed by atoms with Gasteiger partial charge < -0.3 is 5.73 Å². The topological polar surface area (TPSA) is 73.0 Å². The van der Waals surface area contributed by atoms with Crippen LogP contribution in [0.1, 0.15) is 0 Å². The van der Waals surface area contributed by atoms with E-state index in [-0.39, 0.29) is 10.1 Å². The Bertz CT molecular complexity index is 634. The minimum Gasteiger partial charge on any atom is -0.399 e. The maximum absolute atomic E-state index is 11.9. The van der Waals surface area contributed by atoms with Crippen LogP contribution in [-0.4, -0.2) is 31.2 Å². The van der Waals surface area contributed by atoms with Crippen molar-refractivity contribution < 1.29 is 8.42 Å². The zero-order chi connectivity index (χ0) is 12.5. The Labute approximate surface area is 108 Å². The second kappa shape index (κ2) is 4.83. The molecule has 0 aliphatic rings. The minimum atomic E-state index is -3.25. The number of nitrogen functional groups attached to an aromatic ring is 1. The summed E-state index contributed by atoms with van der Waals surface area (Å²) < 4.78 is 24.9. The molecule has 2 N–H and O–H groups in total. The molecule has 92 valence electrons. The van der Waals surface area contributed by atoms with E-state index in [9.17, 15) is 8.42 Å². The second-order valence-corrected chi connectivity index (χ2v) is 7.82. The summed E-state index contributed by atoms with van der Waals surface area (Å²) in [5, 5.41) is 0. The molecule has 1 heterocycles. The number of fused-ring (bicyclic) bond motifs is 1. The van der Waals surface area contributed by atoms with Gasteiger partial charge in [0, 0.05) is 11.4 Å². The lowest BCUT2D eigenvalue weighted by Gasteiger charge is -1.97. The Hall–Kier alpha value is -0.790. The molecule has 1 aromatic heterocycles. The molecule has 2 rings (SSSR count). The van der Waals surface area contributed by atoms with Gasteiger partial charge >= 0.3 is 0 Å². The van der Waals surface area contributed by atoms with Gasteiger partial charge in [0.25, 0.3) is 0 Å². The molecule has 0 fully saturated rings. The van der Waals surface area contributed by atoms with Gasteiger partial charge in [-0.2, -0.15) is 11.8 Å². The third-order valence-electron chi connectivity index (χ3n) is 2.22. The number of thiazole rings is 1. The van der Waals surface area contributed by atoms with Crippen LogP contribution in [0.4, 0.5) is 5.69 Å². The van der Waals surface area contributed by atoms with Gasteiger partial charge in [0.05, 0.1) is 16.0 Å². The van der Waals surface area contributed by atoms with Gasteiger partial charge in [0.2, 0.25) is 14.2 Å². The van der Waals surface area contributed by atoms with Gasteiger partial charge in [-0.25, -0.2) is 13.4 Å². The van der Waals surface area contributed by atoms with E-state index in [4.69, 9.17) is 5.73 Å². The highest BCUT2D eigenvalue weighted by Gasteiger charge is 2.19. The van der Waals surface area contributed by atoms with Gasteiger partial charge in [-0.3, -0.25) is 0 Å². The van der Waals surface area contributed by atoms with Gasteiger partial charge in [-0.15, -0.1) is 11.3 Å². The molecule has 2 aromatic rings. The zero-order valence-corrected chi connectivity index (χ0v) is 11.7. The minimum absolute atomic E-state index is 0.128. The molecule has 4 nitrogen and oxygen atoms in total. The molecule has 0 atom stereocenters. The summed E-state index contributed by atoms with van der Waals surface area (Å²) in [5.41, 5.74) is 6.96. The second-order valence-electron chi connectivity index (χ2n) is 3.52. The highest BCUT2D eigenvalue weighted by molar-refractivity contribution is 8.00. The van der Waals surface area contributed by atoms with E-state index in [1.54, 1.807) is 18.2 Å². The molecule has 1 aromatic carbocycles. The smallest absolute Gasteiger partial charge is 0.210 e. The number of benzene rings is 1. The summed E-state index contributed by atoms with van der Waals surface area (Å²) in [5.74, 6) is 0.712. The summed E-state index contributed by atoms with van der Waals surface area (Å²) in [6.45, 7) is 0. The molecule has 0 aliphatic carbocycles. The molecule has 0 spiro atoms. The quantitative estimate of drug-likeness (QED) is 0.871. The van der Waals surface area contributed by atoms with E-state index >= 15 is 0 Å². The number of hydrogen-bond donors (Lipinski definition) is 1. The van der Waals surface area contributed by atoms with Crippen molar-refractivity contribution in [2.45, 2.75) is 4.34 Å². The van der Waals surface area contributed by atoms with Crippen molar-refractivity contribution in [1.82, 2.24) is 4.98 Å². The van der Waals surface area contributed by atoms with Gasteiger partial charge in [0.1, 0.15) is 0 Å². The van der Waals surface area contributed by atoms with Crippen LogP contribution in [0, 0.1) is 0 Å². The number of nitrogens with zero attached hydrogens (tertiary/aromatic N) is 1. The van der Waals surface area contributed by atoms with Crippen molar-refractivity contribution in [3.8, 4) is 0 Å². The van der Waals surface area contributed by atoms with Crippen molar-refractivity contribution in [3.63, 3.8) is 0 Å². The fourth-order valence-electron chi connectivity index (χ4n) is 1.33. The molecular formula is C10H12N2O2S3. The fraction of sp³-hybridized carbons (Fsp3) is 0.300. The van der Waals surface area contributed by atoms with Crippen molar-refractivity contribution in [3.05, 3.63) is 18.2 Å². The van der Waals surface area contributed by atoms with Crippen LogP contribution < -0.4 is 5.73 Å². The normalized spacial score (nSPS) is 12.1. The third-order valence-corrected chi connectivity index (χ3v) is 6.28. The molecule has 17 heavy (non-hydrogen) atoms. The molecule has 0 bridgehead atoms. The maximum atomic E-state index is 11.9. The molecule has 0 amide bonds. The molecule has 7 heteroatoms. The molecular weight excluding hydrogens is 276 g/mol. The lowest BCUT2D eigenvalue weighted by molar-refractivity contribution is 0.597. The lowest BCUT2D eigenvalue weighted by atomic mass is 10.3. The summed E-state index contributed by atoms with van der Waals surface area (Å²) in [4.78, 5) is 4.14. The van der Waals surface area contributed by atoms with Gasteiger partial charge in [-0.1, -0.05) is 0 Å². The number of aromatic nitrogens is 1. The van der Waals surface area contributed by atoms with E-state index in [0.717, 1.165) is 4.70 Å².